The molecule has 0 saturated heterocycles. The Hall–Kier alpha value is -2.55. The van der Waals surface area contributed by atoms with E-state index in [2.05, 4.69) is 10.6 Å². The topological polar surface area (TPSA) is 67.4 Å². The van der Waals surface area contributed by atoms with E-state index in [9.17, 15) is 22.8 Å². The van der Waals surface area contributed by atoms with Gasteiger partial charge >= 0.3 is 18.2 Å². The van der Waals surface area contributed by atoms with Crippen LogP contribution in [0.2, 0.25) is 0 Å². The Morgan fingerprint density at radius 3 is 2.76 bits per heavy atom. The number of fused-ring (bicyclic) bond motifs is 1. The molecule has 0 saturated carbocycles. The van der Waals surface area contributed by atoms with E-state index in [1.165, 1.54) is 17.4 Å². The Bertz CT molecular complexity index is 853. The van der Waals surface area contributed by atoms with Crippen molar-refractivity contribution in [2.75, 3.05) is 13.2 Å². The molecule has 156 valence electrons. The van der Waals surface area contributed by atoms with E-state index in [1.54, 1.807) is 6.07 Å². The average molecular weight is 426 g/mol. The summed E-state index contributed by atoms with van der Waals surface area (Å²) in [5.74, 6) is -0.362. The fourth-order valence-corrected chi connectivity index (χ4v) is 4.06. The van der Waals surface area contributed by atoms with E-state index in [0.717, 1.165) is 10.9 Å². The van der Waals surface area contributed by atoms with E-state index in [0.29, 0.717) is 24.0 Å². The molecule has 0 radical (unpaired) electrons. The Morgan fingerprint density at radius 1 is 1.21 bits per heavy atom. The number of carbonyl (C=O) groups is 2. The van der Waals surface area contributed by atoms with Crippen molar-refractivity contribution >= 4 is 23.3 Å². The Balaban J connectivity index is 1.40. The largest absolute Gasteiger partial charge is 0.464 e. The molecule has 0 spiro atoms. The number of carbonyl (C=O) groups excluding carboxylic acids is 2. The van der Waals surface area contributed by atoms with Crippen LogP contribution in [-0.2, 0) is 35.0 Å². The van der Waals surface area contributed by atoms with Crippen molar-refractivity contribution in [2.24, 2.45) is 0 Å². The third-order valence-corrected chi connectivity index (χ3v) is 5.55. The van der Waals surface area contributed by atoms with Crippen molar-refractivity contribution in [3.63, 3.8) is 0 Å². The molecule has 0 bridgehead atoms. The highest BCUT2D eigenvalue weighted by atomic mass is 32.1. The van der Waals surface area contributed by atoms with Gasteiger partial charge in [-0.3, -0.25) is 4.79 Å². The molecule has 0 aliphatic heterocycles. The number of halogens is 3. The van der Waals surface area contributed by atoms with E-state index in [1.807, 2.05) is 17.5 Å². The predicted molar refractivity (Wildman–Crippen MR) is 103 cm³/mol. The smallest absolute Gasteiger partial charge is 0.416 e. The average Bonchev–Trinajstić information content (AvgIpc) is 3.17. The van der Waals surface area contributed by atoms with Gasteiger partial charge in [-0.1, -0.05) is 18.2 Å². The van der Waals surface area contributed by atoms with Crippen molar-refractivity contribution in [3.8, 4) is 0 Å². The van der Waals surface area contributed by atoms with Crippen molar-refractivity contribution < 1.29 is 27.5 Å². The molecule has 0 fully saturated rings. The molecule has 2 aromatic rings. The van der Waals surface area contributed by atoms with Gasteiger partial charge in [0.05, 0.1) is 18.5 Å². The Labute approximate surface area is 170 Å². The quantitative estimate of drug-likeness (QED) is 0.547. The van der Waals surface area contributed by atoms with Crippen LogP contribution >= 0.6 is 11.3 Å². The molecule has 5 nitrogen and oxygen atoms in total. The number of nitrogens with one attached hydrogen (secondary N) is 2. The summed E-state index contributed by atoms with van der Waals surface area (Å²) in [5, 5.41) is 7.25. The lowest BCUT2D eigenvalue weighted by atomic mass is 9.85. The van der Waals surface area contributed by atoms with Crippen molar-refractivity contribution in [1.82, 2.24) is 10.6 Å². The minimum Gasteiger partial charge on any atom is -0.464 e. The van der Waals surface area contributed by atoms with Crippen LogP contribution < -0.4 is 10.6 Å². The SMILES string of the molecule is O=C(NCCOC(=O)Cc1cccs1)NC1CCc2c(cccc2C(F)(F)F)C1. The van der Waals surface area contributed by atoms with Gasteiger partial charge in [0.1, 0.15) is 6.61 Å². The second-order valence-corrected chi connectivity index (χ2v) is 7.79. The molecule has 2 amide bonds. The van der Waals surface area contributed by atoms with Gasteiger partial charge in [0.25, 0.3) is 0 Å². The zero-order valence-electron chi connectivity index (χ0n) is 15.6. The van der Waals surface area contributed by atoms with Crippen LogP contribution in [0.15, 0.2) is 35.7 Å². The first-order valence-corrected chi connectivity index (χ1v) is 10.1. The first kappa shape index (κ1) is 21.2. The molecule has 29 heavy (non-hydrogen) atoms. The summed E-state index contributed by atoms with van der Waals surface area (Å²) in [5.41, 5.74) is 0.331. The molecule has 1 unspecified atom stereocenters. The van der Waals surface area contributed by atoms with Gasteiger partial charge in [0.15, 0.2) is 0 Å². The molecule has 2 N–H and O–H groups in total. The molecular formula is C20H21F3N2O3S. The second-order valence-electron chi connectivity index (χ2n) is 6.76. The molecule has 1 atom stereocenters. The number of hydrogen-bond donors (Lipinski definition) is 2. The summed E-state index contributed by atoms with van der Waals surface area (Å²) in [4.78, 5) is 24.6. The first-order valence-electron chi connectivity index (χ1n) is 9.23. The maximum Gasteiger partial charge on any atom is 0.416 e. The molecule has 1 heterocycles. The normalized spacial score (nSPS) is 16.0. The highest BCUT2D eigenvalue weighted by molar-refractivity contribution is 7.10. The minimum atomic E-state index is -4.37. The molecule has 1 aliphatic rings. The second kappa shape index (κ2) is 9.30. The number of alkyl halides is 3. The number of ether oxygens (including phenoxy) is 1. The monoisotopic (exact) mass is 426 g/mol. The lowest BCUT2D eigenvalue weighted by molar-refractivity contribution is -0.142. The van der Waals surface area contributed by atoms with Crippen LogP contribution in [0.25, 0.3) is 0 Å². The number of amides is 2. The highest BCUT2D eigenvalue weighted by Gasteiger charge is 2.35. The molecule has 1 aromatic heterocycles. The van der Waals surface area contributed by atoms with Crippen LogP contribution in [-0.4, -0.2) is 31.2 Å². The van der Waals surface area contributed by atoms with E-state index < -0.39 is 17.8 Å². The van der Waals surface area contributed by atoms with Gasteiger partial charge < -0.3 is 15.4 Å². The van der Waals surface area contributed by atoms with Crippen LogP contribution in [0.1, 0.15) is 28.0 Å². The van der Waals surface area contributed by atoms with Gasteiger partial charge in [0.2, 0.25) is 0 Å². The summed E-state index contributed by atoms with van der Waals surface area (Å²) in [6.45, 7) is 0.212. The van der Waals surface area contributed by atoms with E-state index in [-0.39, 0.29) is 38.0 Å². The fourth-order valence-electron chi connectivity index (χ4n) is 3.37. The number of rotatable bonds is 6. The zero-order chi connectivity index (χ0) is 20.9. The third-order valence-electron chi connectivity index (χ3n) is 4.67. The third kappa shape index (κ3) is 5.96. The number of hydrogen-bond acceptors (Lipinski definition) is 4. The van der Waals surface area contributed by atoms with Crippen LogP contribution in [0.5, 0.6) is 0 Å². The minimum absolute atomic E-state index is 0.0556. The van der Waals surface area contributed by atoms with Gasteiger partial charge in [0, 0.05) is 10.9 Å². The van der Waals surface area contributed by atoms with Crippen LogP contribution in [0, 0.1) is 0 Å². The van der Waals surface area contributed by atoms with Crippen molar-refractivity contribution in [2.45, 2.75) is 37.9 Å². The Kier molecular flexibility index (Phi) is 6.79. The highest BCUT2D eigenvalue weighted by Crippen LogP contribution is 2.36. The predicted octanol–water partition coefficient (Wildman–Crippen LogP) is 3.71. The van der Waals surface area contributed by atoms with Gasteiger partial charge in [-0.05, 0) is 47.9 Å². The van der Waals surface area contributed by atoms with Crippen LogP contribution in [0.4, 0.5) is 18.0 Å². The molecule has 1 aromatic carbocycles. The molecule has 3 rings (SSSR count). The molecule has 9 heteroatoms. The van der Waals surface area contributed by atoms with E-state index >= 15 is 0 Å². The standard InChI is InChI=1S/C20H21F3N2O3S/c21-20(22,23)17-5-1-3-13-11-14(6-7-16(13)17)25-19(27)24-8-9-28-18(26)12-15-4-2-10-29-15/h1-5,10,14H,6-9,11-12H2,(H2,24,25,27). The fraction of sp³-hybridized carbons (Fsp3) is 0.400. The maximum absolute atomic E-state index is 13.1. The summed E-state index contributed by atoms with van der Waals surface area (Å²) in [6.07, 6.45) is -3.13. The lowest BCUT2D eigenvalue weighted by Gasteiger charge is -2.27. The summed E-state index contributed by atoms with van der Waals surface area (Å²) in [6, 6.07) is 7.19. The van der Waals surface area contributed by atoms with Gasteiger partial charge in [-0.2, -0.15) is 13.2 Å². The summed E-state index contributed by atoms with van der Waals surface area (Å²) >= 11 is 1.47. The first-order chi connectivity index (χ1) is 13.8. The van der Waals surface area contributed by atoms with Gasteiger partial charge in [-0.15, -0.1) is 11.3 Å². The van der Waals surface area contributed by atoms with Crippen molar-refractivity contribution in [3.05, 3.63) is 57.3 Å². The number of urea groups is 1. The number of thiophene rings is 1. The van der Waals surface area contributed by atoms with Crippen LogP contribution in [0.3, 0.4) is 0 Å². The van der Waals surface area contributed by atoms with E-state index in [4.69, 9.17) is 4.74 Å². The summed E-state index contributed by atoms with van der Waals surface area (Å²) in [7, 11) is 0. The van der Waals surface area contributed by atoms with Crippen molar-refractivity contribution in [1.29, 1.82) is 0 Å². The zero-order valence-corrected chi connectivity index (χ0v) is 16.4. The number of benzene rings is 1. The molecule has 1 aliphatic carbocycles. The summed E-state index contributed by atoms with van der Waals surface area (Å²) < 4.78 is 44.4. The Morgan fingerprint density at radius 2 is 2.03 bits per heavy atom. The molecular weight excluding hydrogens is 405 g/mol. The maximum atomic E-state index is 13.1. The number of esters is 1. The van der Waals surface area contributed by atoms with Gasteiger partial charge in [-0.25, -0.2) is 4.79 Å². The lowest BCUT2D eigenvalue weighted by Crippen LogP contribution is -2.45.